The van der Waals surface area contributed by atoms with E-state index < -0.39 is 0 Å². The Morgan fingerprint density at radius 1 is 1.52 bits per heavy atom. The maximum atomic E-state index is 11.9. The molecule has 0 saturated carbocycles. The van der Waals surface area contributed by atoms with E-state index in [1.807, 2.05) is 0 Å². The van der Waals surface area contributed by atoms with Crippen molar-refractivity contribution < 1.29 is 14.6 Å². The number of pyridine rings is 1. The molecule has 1 fully saturated rings. The fourth-order valence-electron chi connectivity index (χ4n) is 2.15. The van der Waals surface area contributed by atoms with E-state index in [1.165, 1.54) is 0 Å². The van der Waals surface area contributed by atoms with E-state index in [4.69, 9.17) is 9.84 Å². The van der Waals surface area contributed by atoms with Crippen LogP contribution in [0.25, 0.3) is 0 Å². The lowest BCUT2D eigenvalue weighted by Gasteiger charge is -2.09. The Hall–Kier alpha value is -1.90. The molecule has 1 atom stereocenters. The zero-order valence-electron chi connectivity index (χ0n) is 12.0. The highest BCUT2D eigenvalue weighted by atomic mass is 16.5. The average molecular weight is 288 g/mol. The molecule has 1 saturated heterocycles. The molecule has 21 heavy (non-hydrogen) atoms. The average Bonchev–Trinajstić information content (AvgIpc) is 2.99. The van der Waals surface area contributed by atoms with Crippen molar-refractivity contribution in [3.63, 3.8) is 0 Å². The monoisotopic (exact) mass is 288 g/mol. The molecule has 2 N–H and O–H groups in total. The van der Waals surface area contributed by atoms with Crippen LogP contribution in [0, 0.1) is 11.8 Å². The number of nitrogens with zero attached hydrogens (tertiary/aromatic N) is 1. The number of hydrogen-bond donors (Lipinski definition) is 2. The summed E-state index contributed by atoms with van der Waals surface area (Å²) in [5.74, 6) is 6.09. The van der Waals surface area contributed by atoms with Crippen molar-refractivity contribution in [3.8, 4) is 11.8 Å². The normalized spacial score (nSPS) is 17.1. The van der Waals surface area contributed by atoms with Gasteiger partial charge in [-0.05, 0) is 37.3 Å². The van der Waals surface area contributed by atoms with Crippen molar-refractivity contribution in [1.82, 2.24) is 4.98 Å². The molecule has 5 heteroatoms. The standard InChI is InChI=1S/C16H20N2O3/c19-11-2-1-5-13-6-3-8-15(17-13)18-16(20)10-9-14-7-4-12-21-14/h3,6,8,14,19H,2,4,7,9-12H2,(H,17,18,20). The molecule has 5 nitrogen and oxygen atoms in total. The summed E-state index contributed by atoms with van der Waals surface area (Å²) in [7, 11) is 0. The number of amides is 1. The van der Waals surface area contributed by atoms with Gasteiger partial charge < -0.3 is 15.2 Å². The van der Waals surface area contributed by atoms with E-state index in [0.29, 0.717) is 24.4 Å². The lowest BCUT2D eigenvalue weighted by atomic mass is 10.1. The van der Waals surface area contributed by atoms with Crippen molar-refractivity contribution in [1.29, 1.82) is 0 Å². The summed E-state index contributed by atoms with van der Waals surface area (Å²) < 4.78 is 5.49. The van der Waals surface area contributed by atoms with Crippen molar-refractivity contribution >= 4 is 11.7 Å². The highest BCUT2D eigenvalue weighted by molar-refractivity contribution is 5.89. The van der Waals surface area contributed by atoms with Crippen LogP contribution in [-0.2, 0) is 9.53 Å². The summed E-state index contributed by atoms with van der Waals surface area (Å²) in [5, 5.41) is 11.5. The van der Waals surface area contributed by atoms with Gasteiger partial charge in [0.25, 0.3) is 0 Å². The Kier molecular flexibility index (Phi) is 6.20. The first-order valence-corrected chi connectivity index (χ1v) is 7.26. The lowest BCUT2D eigenvalue weighted by Crippen LogP contribution is -2.16. The first-order valence-electron chi connectivity index (χ1n) is 7.26. The summed E-state index contributed by atoms with van der Waals surface area (Å²) in [6.45, 7) is 0.842. The number of hydrogen-bond acceptors (Lipinski definition) is 4. The van der Waals surface area contributed by atoms with Crippen molar-refractivity contribution in [2.75, 3.05) is 18.5 Å². The Morgan fingerprint density at radius 3 is 3.19 bits per heavy atom. The highest BCUT2D eigenvalue weighted by Crippen LogP contribution is 2.17. The zero-order chi connectivity index (χ0) is 14.9. The van der Waals surface area contributed by atoms with Gasteiger partial charge in [-0.2, -0.15) is 0 Å². The minimum absolute atomic E-state index is 0.0344. The molecular weight excluding hydrogens is 268 g/mol. The minimum Gasteiger partial charge on any atom is -0.395 e. The lowest BCUT2D eigenvalue weighted by molar-refractivity contribution is -0.116. The summed E-state index contributed by atoms with van der Waals surface area (Å²) in [6, 6.07) is 5.30. The third-order valence-corrected chi connectivity index (χ3v) is 3.19. The van der Waals surface area contributed by atoms with Crippen LogP contribution >= 0.6 is 0 Å². The fourth-order valence-corrected chi connectivity index (χ4v) is 2.15. The second-order valence-corrected chi connectivity index (χ2v) is 4.91. The first kappa shape index (κ1) is 15.5. The fraction of sp³-hybridized carbons (Fsp3) is 0.500. The molecule has 1 aliphatic heterocycles. The van der Waals surface area contributed by atoms with E-state index >= 15 is 0 Å². The Bertz CT molecular complexity index is 528. The predicted octanol–water partition coefficient (Wildman–Crippen LogP) is 1.71. The Morgan fingerprint density at radius 2 is 2.43 bits per heavy atom. The molecule has 1 amide bonds. The molecule has 112 valence electrons. The van der Waals surface area contributed by atoms with Gasteiger partial charge in [0.15, 0.2) is 0 Å². The van der Waals surface area contributed by atoms with E-state index in [1.54, 1.807) is 18.2 Å². The SMILES string of the molecule is O=C(CCC1CCCO1)Nc1cccc(C#CCCO)n1. The van der Waals surface area contributed by atoms with Gasteiger partial charge in [0.1, 0.15) is 11.5 Å². The van der Waals surface area contributed by atoms with E-state index in [9.17, 15) is 4.79 Å². The van der Waals surface area contributed by atoms with E-state index in [0.717, 1.165) is 25.9 Å². The van der Waals surface area contributed by atoms with Crippen LogP contribution in [0.3, 0.4) is 0 Å². The van der Waals surface area contributed by atoms with Crippen molar-refractivity contribution in [2.24, 2.45) is 0 Å². The molecule has 0 bridgehead atoms. The first-order chi connectivity index (χ1) is 10.3. The predicted molar refractivity (Wildman–Crippen MR) is 79.7 cm³/mol. The molecule has 1 unspecified atom stereocenters. The summed E-state index contributed by atoms with van der Waals surface area (Å²) in [5.41, 5.74) is 0.584. The molecule has 0 aromatic carbocycles. The quantitative estimate of drug-likeness (QED) is 0.809. The third-order valence-electron chi connectivity index (χ3n) is 3.19. The highest BCUT2D eigenvalue weighted by Gasteiger charge is 2.16. The Balaban J connectivity index is 1.82. The van der Waals surface area contributed by atoms with Gasteiger partial charge in [-0.15, -0.1) is 0 Å². The molecule has 1 aromatic heterocycles. The van der Waals surface area contributed by atoms with Crippen LogP contribution in [-0.4, -0.2) is 35.3 Å². The Labute approximate surface area is 124 Å². The number of ether oxygens (including phenoxy) is 1. The zero-order valence-corrected chi connectivity index (χ0v) is 12.0. The van der Waals surface area contributed by atoms with Gasteiger partial charge in [-0.3, -0.25) is 4.79 Å². The molecular formula is C16H20N2O3. The van der Waals surface area contributed by atoms with Crippen LogP contribution in [0.2, 0.25) is 0 Å². The van der Waals surface area contributed by atoms with Crippen LogP contribution in [0.15, 0.2) is 18.2 Å². The second-order valence-electron chi connectivity index (χ2n) is 4.91. The maximum absolute atomic E-state index is 11.9. The number of aliphatic hydroxyl groups excluding tert-OH is 1. The van der Waals surface area contributed by atoms with Crippen LogP contribution in [0.5, 0.6) is 0 Å². The summed E-state index contributed by atoms with van der Waals surface area (Å²) in [6.07, 6.45) is 3.96. The van der Waals surface area contributed by atoms with Gasteiger partial charge in [0, 0.05) is 19.4 Å². The van der Waals surface area contributed by atoms with Gasteiger partial charge in [-0.1, -0.05) is 12.0 Å². The number of carbonyl (C=O) groups excluding carboxylic acids is 1. The minimum atomic E-state index is -0.0570. The largest absolute Gasteiger partial charge is 0.395 e. The van der Waals surface area contributed by atoms with E-state index in [-0.39, 0.29) is 18.6 Å². The molecule has 0 radical (unpaired) electrons. The van der Waals surface area contributed by atoms with Gasteiger partial charge >= 0.3 is 0 Å². The van der Waals surface area contributed by atoms with Gasteiger partial charge in [0.05, 0.1) is 12.7 Å². The van der Waals surface area contributed by atoms with Crippen LogP contribution in [0.4, 0.5) is 5.82 Å². The molecule has 2 heterocycles. The molecule has 1 aromatic rings. The smallest absolute Gasteiger partial charge is 0.225 e. The maximum Gasteiger partial charge on any atom is 0.225 e. The number of carbonyl (C=O) groups is 1. The topological polar surface area (TPSA) is 71.5 Å². The number of anilines is 1. The molecule has 0 spiro atoms. The molecule has 2 rings (SSSR count). The van der Waals surface area contributed by atoms with Gasteiger partial charge in [-0.25, -0.2) is 4.98 Å². The number of nitrogens with one attached hydrogen (secondary N) is 1. The molecule has 0 aliphatic carbocycles. The third kappa shape index (κ3) is 5.54. The number of aliphatic hydroxyl groups is 1. The van der Waals surface area contributed by atoms with E-state index in [2.05, 4.69) is 22.1 Å². The van der Waals surface area contributed by atoms with Crippen LogP contribution < -0.4 is 5.32 Å². The van der Waals surface area contributed by atoms with Crippen molar-refractivity contribution in [3.05, 3.63) is 23.9 Å². The number of rotatable bonds is 5. The van der Waals surface area contributed by atoms with Crippen molar-refractivity contribution in [2.45, 2.75) is 38.2 Å². The molecule has 1 aliphatic rings. The van der Waals surface area contributed by atoms with Gasteiger partial charge in [0.2, 0.25) is 5.91 Å². The van der Waals surface area contributed by atoms with Crippen LogP contribution in [0.1, 0.15) is 37.8 Å². The second kappa shape index (κ2) is 8.40. The number of aromatic nitrogens is 1. The summed E-state index contributed by atoms with van der Waals surface area (Å²) in [4.78, 5) is 16.1. The summed E-state index contributed by atoms with van der Waals surface area (Å²) >= 11 is 0.